The summed E-state index contributed by atoms with van der Waals surface area (Å²) in [6.07, 6.45) is 0.348. The van der Waals surface area contributed by atoms with Gasteiger partial charge in [-0.05, 0) is 18.6 Å². The van der Waals surface area contributed by atoms with Crippen LogP contribution in [0.1, 0.15) is 12.8 Å². The SMILES string of the molecule is CN1CC(=O)N(CCCC(=O)Nc2ccc(F)c(F)c2)C1=O. The Morgan fingerprint density at radius 2 is 2.00 bits per heavy atom. The lowest BCUT2D eigenvalue weighted by Gasteiger charge is -2.13. The number of nitrogens with one attached hydrogen (secondary N) is 1. The molecule has 0 radical (unpaired) electrons. The molecule has 0 spiro atoms. The summed E-state index contributed by atoms with van der Waals surface area (Å²) in [6.45, 7) is 0.188. The standard InChI is InChI=1S/C14H15F2N3O3/c1-18-8-13(21)19(14(18)22)6-2-3-12(20)17-9-4-5-10(15)11(16)7-9/h4-5,7H,2-3,6,8H2,1H3,(H,17,20). The number of imide groups is 1. The van der Waals surface area contributed by atoms with Crippen LogP contribution in [0.3, 0.4) is 0 Å². The van der Waals surface area contributed by atoms with Crippen molar-refractivity contribution < 1.29 is 23.2 Å². The molecule has 118 valence electrons. The second-order valence-corrected chi connectivity index (χ2v) is 4.96. The molecule has 4 amide bonds. The van der Waals surface area contributed by atoms with E-state index in [1.807, 2.05) is 0 Å². The molecule has 0 unspecified atom stereocenters. The van der Waals surface area contributed by atoms with Gasteiger partial charge in [0.25, 0.3) is 0 Å². The number of halogens is 2. The molecule has 1 N–H and O–H groups in total. The van der Waals surface area contributed by atoms with Gasteiger partial charge in [-0.1, -0.05) is 0 Å². The summed E-state index contributed by atoms with van der Waals surface area (Å²) in [5, 5.41) is 2.42. The number of nitrogens with zero attached hydrogens (tertiary/aromatic N) is 2. The molecule has 0 saturated carbocycles. The van der Waals surface area contributed by atoms with Crippen LogP contribution >= 0.6 is 0 Å². The molecular formula is C14H15F2N3O3. The molecule has 1 heterocycles. The van der Waals surface area contributed by atoms with Gasteiger partial charge in [0.15, 0.2) is 11.6 Å². The molecule has 1 aliphatic heterocycles. The third-order valence-electron chi connectivity index (χ3n) is 3.22. The van der Waals surface area contributed by atoms with E-state index in [4.69, 9.17) is 0 Å². The maximum atomic E-state index is 13.0. The average Bonchev–Trinajstić information content (AvgIpc) is 2.69. The summed E-state index contributed by atoms with van der Waals surface area (Å²) in [6, 6.07) is 2.67. The van der Waals surface area contributed by atoms with Crippen LogP contribution in [0.2, 0.25) is 0 Å². The Bertz CT molecular complexity index is 621. The van der Waals surface area contributed by atoms with Gasteiger partial charge in [0.1, 0.15) is 6.54 Å². The molecule has 6 nitrogen and oxygen atoms in total. The Morgan fingerprint density at radius 1 is 1.27 bits per heavy atom. The van der Waals surface area contributed by atoms with Crippen molar-refractivity contribution in [3.05, 3.63) is 29.8 Å². The number of carbonyl (C=O) groups excluding carboxylic acids is 3. The molecule has 0 aliphatic carbocycles. The molecule has 2 rings (SSSR count). The maximum Gasteiger partial charge on any atom is 0.326 e. The highest BCUT2D eigenvalue weighted by molar-refractivity contribution is 6.01. The van der Waals surface area contributed by atoms with E-state index in [2.05, 4.69) is 5.32 Å². The van der Waals surface area contributed by atoms with Crippen molar-refractivity contribution >= 4 is 23.5 Å². The molecule has 1 saturated heterocycles. The second-order valence-electron chi connectivity index (χ2n) is 4.96. The number of amides is 4. The zero-order valence-electron chi connectivity index (χ0n) is 11.9. The van der Waals surface area contributed by atoms with Crippen molar-refractivity contribution in [1.82, 2.24) is 9.80 Å². The minimum absolute atomic E-state index is 0.0416. The fourth-order valence-corrected chi connectivity index (χ4v) is 2.08. The smallest absolute Gasteiger partial charge is 0.326 e. The first-order valence-corrected chi connectivity index (χ1v) is 6.69. The zero-order valence-corrected chi connectivity index (χ0v) is 11.9. The Kier molecular flexibility index (Phi) is 4.69. The molecule has 8 heteroatoms. The van der Waals surface area contributed by atoms with Crippen LogP contribution in [0.25, 0.3) is 0 Å². The quantitative estimate of drug-likeness (QED) is 0.839. The topological polar surface area (TPSA) is 69.7 Å². The summed E-state index contributed by atoms with van der Waals surface area (Å²) >= 11 is 0. The van der Waals surface area contributed by atoms with Crippen LogP contribution in [0, 0.1) is 11.6 Å². The summed E-state index contributed by atoms with van der Waals surface area (Å²) in [4.78, 5) is 37.2. The maximum absolute atomic E-state index is 13.0. The molecule has 22 heavy (non-hydrogen) atoms. The molecule has 0 atom stereocenters. The van der Waals surface area contributed by atoms with Gasteiger partial charge in [-0.2, -0.15) is 0 Å². The highest BCUT2D eigenvalue weighted by atomic mass is 19.2. The van der Waals surface area contributed by atoms with Gasteiger partial charge in [-0.3, -0.25) is 14.5 Å². The molecule has 0 bridgehead atoms. The van der Waals surface area contributed by atoms with Crippen molar-refractivity contribution in [2.75, 3.05) is 25.5 Å². The summed E-state index contributed by atoms with van der Waals surface area (Å²) < 4.78 is 25.8. The summed E-state index contributed by atoms with van der Waals surface area (Å²) in [5.41, 5.74) is 0.150. The lowest BCUT2D eigenvalue weighted by atomic mass is 10.2. The first kappa shape index (κ1) is 15.9. The van der Waals surface area contributed by atoms with Crippen molar-refractivity contribution in [3.8, 4) is 0 Å². The van der Waals surface area contributed by atoms with E-state index in [1.165, 1.54) is 18.0 Å². The van der Waals surface area contributed by atoms with E-state index >= 15 is 0 Å². The number of urea groups is 1. The van der Waals surface area contributed by atoms with Gasteiger partial charge < -0.3 is 10.2 Å². The molecule has 1 aliphatic rings. The highest BCUT2D eigenvalue weighted by Gasteiger charge is 2.32. The number of rotatable bonds is 5. The Morgan fingerprint density at radius 3 is 2.59 bits per heavy atom. The predicted octanol–water partition coefficient (Wildman–Crippen LogP) is 1.58. The number of carbonyl (C=O) groups is 3. The molecule has 0 aromatic heterocycles. The van der Waals surface area contributed by atoms with E-state index in [9.17, 15) is 23.2 Å². The van der Waals surface area contributed by atoms with E-state index in [0.717, 1.165) is 17.0 Å². The predicted molar refractivity (Wildman–Crippen MR) is 74.0 cm³/mol. The Hall–Kier alpha value is -2.51. The number of likely N-dealkylation sites (N-methyl/N-ethyl adjacent to an activating group) is 1. The van der Waals surface area contributed by atoms with E-state index in [0.29, 0.717) is 6.42 Å². The second kappa shape index (κ2) is 6.50. The average molecular weight is 311 g/mol. The highest BCUT2D eigenvalue weighted by Crippen LogP contribution is 2.14. The van der Waals surface area contributed by atoms with Gasteiger partial charge in [-0.15, -0.1) is 0 Å². The zero-order chi connectivity index (χ0) is 16.3. The van der Waals surface area contributed by atoms with Crippen LogP contribution in [0.15, 0.2) is 18.2 Å². The number of hydrogen-bond acceptors (Lipinski definition) is 3. The van der Waals surface area contributed by atoms with Crippen molar-refractivity contribution in [2.24, 2.45) is 0 Å². The van der Waals surface area contributed by atoms with Gasteiger partial charge in [0, 0.05) is 31.8 Å². The van der Waals surface area contributed by atoms with Crippen molar-refractivity contribution in [3.63, 3.8) is 0 Å². The lowest BCUT2D eigenvalue weighted by molar-refractivity contribution is -0.125. The van der Waals surface area contributed by atoms with Crippen LogP contribution in [0.4, 0.5) is 19.3 Å². The van der Waals surface area contributed by atoms with Gasteiger partial charge in [0.05, 0.1) is 0 Å². The molecule has 1 aromatic carbocycles. The van der Waals surface area contributed by atoms with Crippen LogP contribution in [0.5, 0.6) is 0 Å². The third-order valence-corrected chi connectivity index (χ3v) is 3.22. The summed E-state index contributed by atoms with van der Waals surface area (Å²) in [7, 11) is 1.52. The molecular weight excluding hydrogens is 296 g/mol. The number of benzene rings is 1. The van der Waals surface area contributed by atoms with E-state index in [1.54, 1.807) is 0 Å². The monoisotopic (exact) mass is 311 g/mol. The molecule has 1 aromatic rings. The fraction of sp³-hybridized carbons (Fsp3) is 0.357. The van der Waals surface area contributed by atoms with Crippen molar-refractivity contribution in [1.29, 1.82) is 0 Å². The third kappa shape index (κ3) is 3.57. The van der Waals surface area contributed by atoms with Crippen molar-refractivity contribution in [2.45, 2.75) is 12.8 Å². The number of hydrogen-bond donors (Lipinski definition) is 1. The van der Waals surface area contributed by atoms with Crippen LogP contribution in [-0.4, -0.2) is 47.8 Å². The normalized spacial score (nSPS) is 14.7. The van der Waals surface area contributed by atoms with E-state index in [-0.39, 0.29) is 37.1 Å². The Balaban J connectivity index is 1.79. The van der Waals surface area contributed by atoms with Gasteiger partial charge >= 0.3 is 6.03 Å². The van der Waals surface area contributed by atoms with Crippen LogP contribution < -0.4 is 5.32 Å². The van der Waals surface area contributed by atoms with Gasteiger partial charge in [-0.25, -0.2) is 13.6 Å². The minimum atomic E-state index is -1.05. The fourth-order valence-electron chi connectivity index (χ4n) is 2.08. The number of anilines is 1. The van der Waals surface area contributed by atoms with E-state index < -0.39 is 17.5 Å². The first-order chi connectivity index (χ1) is 10.4. The Labute approximate surface area is 125 Å². The lowest BCUT2D eigenvalue weighted by Crippen LogP contribution is -2.32. The van der Waals surface area contributed by atoms with Crippen LogP contribution in [-0.2, 0) is 9.59 Å². The first-order valence-electron chi connectivity index (χ1n) is 6.69. The van der Waals surface area contributed by atoms with Gasteiger partial charge in [0.2, 0.25) is 11.8 Å². The molecule has 1 fully saturated rings. The largest absolute Gasteiger partial charge is 0.326 e. The minimum Gasteiger partial charge on any atom is -0.326 e. The summed E-state index contributed by atoms with van der Waals surface area (Å²) in [5.74, 6) is -2.74.